The molecule has 1 amide bonds. The van der Waals surface area contributed by atoms with Gasteiger partial charge in [-0.15, -0.1) is 0 Å². The van der Waals surface area contributed by atoms with Gasteiger partial charge < -0.3 is 9.73 Å². The van der Waals surface area contributed by atoms with E-state index >= 15 is 0 Å². The molecule has 0 unspecified atom stereocenters. The SMILES string of the molecule is Cc1cc2nc(-c3ccc(NC(=O)CC(C)C)cc3)oc2cc1C. The van der Waals surface area contributed by atoms with Crippen LogP contribution in [0.3, 0.4) is 0 Å². The number of hydrogen-bond donors (Lipinski definition) is 1. The van der Waals surface area contributed by atoms with Gasteiger partial charge in [0.15, 0.2) is 5.58 Å². The zero-order valence-electron chi connectivity index (χ0n) is 14.5. The predicted octanol–water partition coefficient (Wildman–Crippen LogP) is 5.10. The number of amides is 1. The zero-order chi connectivity index (χ0) is 17.3. The molecule has 0 atom stereocenters. The van der Waals surface area contributed by atoms with Crippen LogP contribution in [0.25, 0.3) is 22.6 Å². The van der Waals surface area contributed by atoms with Crippen LogP contribution < -0.4 is 5.32 Å². The molecule has 0 bridgehead atoms. The molecule has 124 valence electrons. The van der Waals surface area contributed by atoms with Gasteiger partial charge in [-0.1, -0.05) is 13.8 Å². The molecule has 24 heavy (non-hydrogen) atoms. The highest BCUT2D eigenvalue weighted by Gasteiger charge is 2.10. The molecule has 3 rings (SSSR count). The first-order valence-corrected chi connectivity index (χ1v) is 8.20. The van der Waals surface area contributed by atoms with Crippen molar-refractivity contribution in [3.05, 3.63) is 47.5 Å². The van der Waals surface area contributed by atoms with Crippen LogP contribution in [-0.4, -0.2) is 10.9 Å². The normalized spacial score (nSPS) is 11.2. The molecule has 4 heteroatoms. The molecule has 4 nitrogen and oxygen atoms in total. The Labute approximate surface area is 141 Å². The lowest BCUT2D eigenvalue weighted by Gasteiger charge is -2.07. The molecule has 1 heterocycles. The van der Waals surface area contributed by atoms with Crippen LogP contribution in [0.4, 0.5) is 5.69 Å². The highest BCUT2D eigenvalue weighted by atomic mass is 16.3. The summed E-state index contributed by atoms with van der Waals surface area (Å²) in [7, 11) is 0. The summed E-state index contributed by atoms with van der Waals surface area (Å²) in [6, 6.07) is 11.6. The Morgan fingerprint density at radius 3 is 2.46 bits per heavy atom. The molecule has 1 N–H and O–H groups in total. The summed E-state index contributed by atoms with van der Waals surface area (Å²) in [5.74, 6) is 0.969. The highest BCUT2D eigenvalue weighted by Crippen LogP contribution is 2.27. The van der Waals surface area contributed by atoms with Crippen molar-refractivity contribution < 1.29 is 9.21 Å². The lowest BCUT2D eigenvalue weighted by molar-refractivity contribution is -0.116. The van der Waals surface area contributed by atoms with Crippen LogP contribution in [0.5, 0.6) is 0 Å². The summed E-state index contributed by atoms with van der Waals surface area (Å²) in [4.78, 5) is 16.4. The van der Waals surface area contributed by atoms with Gasteiger partial charge in [0.25, 0.3) is 0 Å². The van der Waals surface area contributed by atoms with Crippen LogP contribution in [-0.2, 0) is 4.79 Å². The van der Waals surface area contributed by atoms with Gasteiger partial charge in [-0.05, 0) is 67.3 Å². The second kappa shape index (κ2) is 6.48. The minimum atomic E-state index is 0.0329. The van der Waals surface area contributed by atoms with Gasteiger partial charge in [0.1, 0.15) is 5.52 Å². The molecule has 0 aliphatic carbocycles. The van der Waals surface area contributed by atoms with Crippen LogP contribution in [0.1, 0.15) is 31.4 Å². The summed E-state index contributed by atoms with van der Waals surface area (Å²) >= 11 is 0. The number of carbonyl (C=O) groups is 1. The van der Waals surface area contributed by atoms with Crippen molar-refractivity contribution >= 4 is 22.7 Å². The number of oxazole rings is 1. The van der Waals surface area contributed by atoms with Gasteiger partial charge in [-0.2, -0.15) is 0 Å². The fraction of sp³-hybridized carbons (Fsp3) is 0.300. The Kier molecular flexibility index (Phi) is 4.38. The third-order valence-electron chi connectivity index (χ3n) is 4.01. The highest BCUT2D eigenvalue weighted by molar-refractivity contribution is 5.91. The van der Waals surface area contributed by atoms with Gasteiger partial charge in [-0.25, -0.2) is 4.98 Å². The molecule has 1 aromatic heterocycles. The van der Waals surface area contributed by atoms with Crippen LogP contribution in [0.2, 0.25) is 0 Å². The van der Waals surface area contributed by atoms with Gasteiger partial charge in [0.05, 0.1) is 0 Å². The summed E-state index contributed by atoms with van der Waals surface area (Å²) < 4.78 is 5.87. The molecular formula is C20H22N2O2. The first kappa shape index (κ1) is 16.2. The Hall–Kier alpha value is -2.62. The maximum atomic E-state index is 11.8. The summed E-state index contributed by atoms with van der Waals surface area (Å²) in [6.45, 7) is 8.18. The quantitative estimate of drug-likeness (QED) is 0.727. The van der Waals surface area contributed by atoms with E-state index in [-0.39, 0.29) is 5.91 Å². The largest absolute Gasteiger partial charge is 0.436 e. The molecule has 0 radical (unpaired) electrons. The second-order valence-electron chi connectivity index (χ2n) is 6.65. The van der Waals surface area contributed by atoms with E-state index in [1.807, 2.05) is 50.2 Å². The van der Waals surface area contributed by atoms with Crippen molar-refractivity contribution in [2.24, 2.45) is 5.92 Å². The number of aryl methyl sites for hydroxylation is 2. The summed E-state index contributed by atoms with van der Waals surface area (Å²) in [6.07, 6.45) is 0.519. The molecule has 0 spiro atoms. The first-order chi connectivity index (χ1) is 11.4. The minimum absolute atomic E-state index is 0.0329. The fourth-order valence-electron chi connectivity index (χ4n) is 2.58. The number of fused-ring (bicyclic) bond motifs is 1. The number of carbonyl (C=O) groups excluding carboxylic acids is 1. The number of rotatable bonds is 4. The molecule has 3 aromatic rings. The Balaban J connectivity index is 1.81. The number of aromatic nitrogens is 1. The third-order valence-corrected chi connectivity index (χ3v) is 4.01. The van der Waals surface area contributed by atoms with Gasteiger partial charge in [-0.3, -0.25) is 4.79 Å². The van der Waals surface area contributed by atoms with Crippen molar-refractivity contribution in [1.82, 2.24) is 4.98 Å². The van der Waals surface area contributed by atoms with E-state index in [9.17, 15) is 4.79 Å². The van der Waals surface area contributed by atoms with Crippen molar-refractivity contribution in [1.29, 1.82) is 0 Å². The van der Waals surface area contributed by atoms with Crippen molar-refractivity contribution in [3.63, 3.8) is 0 Å². The Morgan fingerprint density at radius 1 is 1.12 bits per heavy atom. The maximum absolute atomic E-state index is 11.8. The first-order valence-electron chi connectivity index (χ1n) is 8.20. The van der Waals surface area contributed by atoms with E-state index in [2.05, 4.69) is 24.1 Å². The van der Waals surface area contributed by atoms with Crippen LogP contribution in [0, 0.1) is 19.8 Å². The average Bonchev–Trinajstić information content (AvgIpc) is 2.90. The Bertz CT molecular complexity index is 838. The molecule has 0 saturated carbocycles. The third kappa shape index (κ3) is 3.48. The van der Waals surface area contributed by atoms with Crippen LogP contribution >= 0.6 is 0 Å². The van der Waals surface area contributed by atoms with Crippen LogP contribution in [0.15, 0.2) is 40.8 Å². The summed E-state index contributed by atoms with van der Waals surface area (Å²) in [5.41, 5.74) is 5.72. The molecular weight excluding hydrogens is 300 g/mol. The lowest BCUT2D eigenvalue weighted by atomic mass is 10.1. The number of benzene rings is 2. The average molecular weight is 322 g/mol. The molecule has 0 aliphatic rings. The minimum Gasteiger partial charge on any atom is -0.436 e. The van der Waals surface area contributed by atoms with Gasteiger partial charge in [0.2, 0.25) is 11.8 Å². The topological polar surface area (TPSA) is 55.1 Å². The fourth-order valence-corrected chi connectivity index (χ4v) is 2.58. The summed E-state index contributed by atoms with van der Waals surface area (Å²) in [5, 5.41) is 2.90. The van der Waals surface area contributed by atoms with E-state index in [1.54, 1.807) is 0 Å². The monoisotopic (exact) mass is 322 g/mol. The van der Waals surface area contributed by atoms with Crippen molar-refractivity contribution in [2.45, 2.75) is 34.1 Å². The molecule has 2 aromatic carbocycles. The molecule has 0 saturated heterocycles. The van der Waals surface area contributed by atoms with Crippen molar-refractivity contribution in [3.8, 4) is 11.5 Å². The van der Waals surface area contributed by atoms with E-state index < -0.39 is 0 Å². The van der Waals surface area contributed by atoms with E-state index in [0.717, 1.165) is 22.4 Å². The number of hydrogen-bond acceptors (Lipinski definition) is 3. The van der Waals surface area contributed by atoms with E-state index in [0.29, 0.717) is 18.2 Å². The molecule has 0 fully saturated rings. The number of nitrogens with one attached hydrogen (secondary N) is 1. The second-order valence-corrected chi connectivity index (χ2v) is 6.65. The van der Waals surface area contributed by atoms with Gasteiger partial charge in [0, 0.05) is 17.7 Å². The Morgan fingerprint density at radius 2 is 1.79 bits per heavy atom. The van der Waals surface area contributed by atoms with Crippen molar-refractivity contribution in [2.75, 3.05) is 5.32 Å². The number of nitrogens with zero attached hydrogens (tertiary/aromatic N) is 1. The van der Waals surface area contributed by atoms with E-state index in [1.165, 1.54) is 11.1 Å². The molecule has 0 aliphatic heterocycles. The lowest BCUT2D eigenvalue weighted by Crippen LogP contribution is -2.13. The maximum Gasteiger partial charge on any atom is 0.227 e. The zero-order valence-corrected chi connectivity index (χ0v) is 14.5. The smallest absolute Gasteiger partial charge is 0.227 e. The standard InChI is InChI=1S/C20H22N2O2/c1-12(2)9-19(23)21-16-7-5-15(6-8-16)20-22-17-10-13(3)14(4)11-18(17)24-20/h5-8,10-12H,9H2,1-4H3,(H,21,23). The van der Waals surface area contributed by atoms with E-state index in [4.69, 9.17) is 4.42 Å². The number of anilines is 1. The van der Waals surface area contributed by atoms with Gasteiger partial charge >= 0.3 is 0 Å². The predicted molar refractivity (Wildman–Crippen MR) is 97.0 cm³/mol.